The summed E-state index contributed by atoms with van der Waals surface area (Å²) in [4.78, 5) is 28.6. The van der Waals surface area contributed by atoms with Gasteiger partial charge in [0.2, 0.25) is 11.8 Å². The first-order valence-electron chi connectivity index (χ1n) is 11.8. The molecule has 0 unspecified atom stereocenters. The Labute approximate surface area is 201 Å². The van der Waals surface area contributed by atoms with Crippen LogP contribution in [0.3, 0.4) is 0 Å². The fourth-order valence-electron chi connectivity index (χ4n) is 3.90. The van der Waals surface area contributed by atoms with Crippen molar-refractivity contribution in [3.63, 3.8) is 0 Å². The topological polar surface area (TPSA) is 49.4 Å². The van der Waals surface area contributed by atoms with Gasteiger partial charge in [0.1, 0.15) is 11.9 Å². The van der Waals surface area contributed by atoms with Crippen molar-refractivity contribution < 1.29 is 14.0 Å². The van der Waals surface area contributed by atoms with Gasteiger partial charge in [0.05, 0.1) is 6.42 Å². The summed E-state index contributed by atoms with van der Waals surface area (Å²) in [5.41, 5.74) is 3.24. The van der Waals surface area contributed by atoms with Crippen LogP contribution in [0.15, 0.2) is 78.9 Å². The van der Waals surface area contributed by atoms with Gasteiger partial charge < -0.3 is 10.2 Å². The van der Waals surface area contributed by atoms with Crippen molar-refractivity contribution in [1.82, 2.24) is 10.2 Å². The fourth-order valence-corrected chi connectivity index (χ4v) is 3.90. The minimum atomic E-state index is -0.770. The van der Waals surface area contributed by atoms with Crippen molar-refractivity contribution in [1.29, 1.82) is 0 Å². The first-order chi connectivity index (χ1) is 16.4. The summed E-state index contributed by atoms with van der Waals surface area (Å²) < 4.78 is 14.6. The molecule has 4 nitrogen and oxygen atoms in total. The molecule has 0 aliphatic rings. The van der Waals surface area contributed by atoms with Crippen LogP contribution in [0.1, 0.15) is 42.5 Å². The maximum atomic E-state index is 14.6. The van der Waals surface area contributed by atoms with Gasteiger partial charge in [0.15, 0.2) is 0 Å². The van der Waals surface area contributed by atoms with Gasteiger partial charge in [-0.25, -0.2) is 4.39 Å². The van der Waals surface area contributed by atoms with E-state index in [0.717, 1.165) is 23.1 Å². The molecule has 0 radical (unpaired) electrons. The molecule has 34 heavy (non-hydrogen) atoms. The first kappa shape index (κ1) is 25.2. The number of rotatable bonds is 10. The average molecular weight is 461 g/mol. The van der Waals surface area contributed by atoms with Crippen LogP contribution in [0.25, 0.3) is 0 Å². The summed E-state index contributed by atoms with van der Waals surface area (Å²) >= 11 is 0. The van der Waals surface area contributed by atoms with Crippen LogP contribution in [-0.2, 0) is 29.0 Å². The molecule has 178 valence electrons. The molecular formula is C29H33FN2O2. The SMILES string of the molecule is CC[C@@H](C)NC(=O)[C@H](Cc1ccccc1)N(Cc1ccccc1F)C(=O)Cc1cccc(C)c1. The van der Waals surface area contributed by atoms with Crippen LogP contribution in [0.2, 0.25) is 0 Å². The van der Waals surface area contributed by atoms with E-state index in [0.29, 0.717) is 12.0 Å². The van der Waals surface area contributed by atoms with Crippen LogP contribution in [0, 0.1) is 12.7 Å². The number of carbonyl (C=O) groups excluding carboxylic acids is 2. The standard InChI is InChI=1S/C29H33FN2O2/c1-4-22(3)31-29(34)27(18-23-12-6-5-7-13-23)32(20-25-15-8-9-16-26(25)30)28(33)19-24-14-10-11-21(2)17-24/h5-17,22,27H,4,18-20H2,1-3H3,(H,31,34)/t22-,27+/m1/s1. The van der Waals surface area contributed by atoms with E-state index in [1.54, 1.807) is 18.2 Å². The van der Waals surface area contributed by atoms with Crippen molar-refractivity contribution in [2.75, 3.05) is 0 Å². The van der Waals surface area contributed by atoms with E-state index in [1.165, 1.54) is 11.0 Å². The summed E-state index contributed by atoms with van der Waals surface area (Å²) in [5.74, 6) is -0.835. The van der Waals surface area contributed by atoms with E-state index in [4.69, 9.17) is 0 Å². The number of hydrogen-bond donors (Lipinski definition) is 1. The molecule has 1 N–H and O–H groups in total. The molecule has 0 saturated heterocycles. The van der Waals surface area contributed by atoms with Gasteiger partial charge in [-0.05, 0) is 37.5 Å². The molecule has 2 atom stereocenters. The lowest BCUT2D eigenvalue weighted by Crippen LogP contribution is -2.52. The molecule has 3 aromatic carbocycles. The van der Waals surface area contributed by atoms with E-state index in [2.05, 4.69) is 5.32 Å². The quantitative estimate of drug-likeness (QED) is 0.450. The van der Waals surface area contributed by atoms with E-state index in [9.17, 15) is 14.0 Å². The molecule has 0 bridgehead atoms. The van der Waals surface area contributed by atoms with Crippen LogP contribution >= 0.6 is 0 Å². The number of halogens is 1. The van der Waals surface area contributed by atoms with E-state index < -0.39 is 11.9 Å². The average Bonchev–Trinajstić information content (AvgIpc) is 2.82. The molecule has 0 aliphatic heterocycles. The highest BCUT2D eigenvalue weighted by molar-refractivity contribution is 5.89. The first-order valence-corrected chi connectivity index (χ1v) is 11.8. The van der Waals surface area contributed by atoms with Crippen molar-refractivity contribution in [2.24, 2.45) is 0 Å². The van der Waals surface area contributed by atoms with Crippen LogP contribution in [0.5, 0.6) is 0 Å². The second kappa shape index (κ2) is 12.1. The number of hydrogen-bond acceptors (Lipinski definition) is 2. The van der Waals surface area contributed by atoms with E-state index >= 15 is 0 Å². The number of carbonyl (C=O) groups is 2. The van der Waals surface area contributed by atoms with Gasteiger partial charge >= 0.3 is 0 Å². The number of amides is 2. The zero-order valence-electron chi connectivity index (χ0n) is 20.1. The summed E-state index contributed by atoms with van der Waals surface area (Å²) in [7, 11) is 0. The maximum Gasteiger partial charge on any atom is 0.243 e. The van der Waals surface area contributed by atoms with Crippen LogP contribution in [0.4, 0.5) is 4.39 Å². The molecule has 2 amide bonds. The second-order valence-corrected chi connectivity index (χ2v) is 8.80. The molecule has 3 rings (SSSR count). The summed E-state index contributed by atoms with van der Waals surface area (Å²) in [6, 6.07) is 23.0. The monoisotopic (exact) mass is 460 g/mol. The Kier molecular flexibility index (Phi) is 8.97. The lowest BCUT2D eigenvalue weighted by molar-refractivity contribution is -0.141. The Bertz CT molecular complexity index is 1100. The lowest BCUT2D eigenvalue weighted by atomic mass is 10.0. The minimum Gasteiger partial charge on any atom is -0.352 e. The molecule has 0 saturated carbocycles. The van der Waals surface area contributed by atoms with Gasteiger partial charge in [0.25, 0.3) is 0 Å². The number of aryl methyl sites for hydroxylation is 1. The fraction of sp³-hybridized carbons (Fsp3) is 0.310. The molecule has 0 aromatic heterocycles. The normalized spacial score (nSPS) is 12.6. The van der Waals surface area contributed by atoms with Crippen molar-refractivity contribution in [3.05, 3.63) is 107 Å². The van der Waals surface area contributed by atoms with Crippen LogP contribution in [-0.4, -0.2) is 28.8 Å². The third-order valence-electron chi connectivity index (χ3n) is 6.01. The molecule has 3 aromatic rings. The number of nitrogens with zero attached hydrogens (tertiary/aromatic N) is 1. The van der Waals surface area contributed by atoms with Crippen molar-refractivity contribution in [3.8, 4) is 0 Å². The Morgan fingerprint density at radius 1 is 0.941 bits per heavy atom. The second-order valence-electron chi connectivity index (χ2n) is 8.80. The molecule has 0 fully saturated rings. The smallest absolute Gasteiger partial charge is 0.243 e. The highest BCUT2D eigenvalue weighted by Gasteiger charge is 2.31. The summed E-state index contributed by atoms with van der Waals surface area (Å²) in [6.45, 7) is 5.93. The highest BCUT2D eigenvalue weighted by Crippen LogP contribution is 2.19. The van der Waals surface area contributed by atoms with Gasteiger partial charge in [-0.2, -0.15) is 0 Å². The number of benzene rings is 3. The Hall–Kier alpha value is -3.47. The predicted molar refractivity (Wildman–Crippen MR) is 134 cm³/mol. The lowest BCUT2D eigenvalue weighted by Gasteiger charge is -2.32. The van der Waals surface area contributed by atoms with Crippen molar-refractivity contribution >= 4 is 11.8 Å². The Balaban J connectivity index is 1.98. The predicted octanol–water partition coefficient (Wildman–Crippen LogP) is 5.23. The van der Waals surface area contributed by atoms with Crippen LogP contribution < -0.4 is 5.32 Å². The maximum absolute atomic E-state index is 14.6. The highest BCUT2D eigenvalue weighted by atomic mass is 19.1. The molecule has 0 spiro atoms. The number of nitrogens with one attached hydrogen (secondary N) is 1. The minimum absolute atomic E-state index is 0.0166. The summed E-state index contributed by atoms with van der Waals surface area (Å²) in [6.07, 6.45) is 1.25. The van der Waals surface area contributed by atoms with E-state index in [1.807, 2.05) is 75.4 Å². The molecule has 0 aliphatic carbocycles. The molecular weight excluding hydrogens is 427 g/mol. The van der Waals surface area contributed by atoms with Gasteiger partial charge in [-0.15, -0.1) is 0 Å². The Morgan fingerprint density at radius 2 is 1.62 bits per heavy atom. The van der Waals surface area contributed by atoms with E-state index in [-0.39, 0.29) is 30.8 Å². The van der Waals surface area contributed by atoms with Gasteiger partial charge in [-0.3, -0.25) is 9.59 Å². The largest absolute Gasteiger partial charge is 0.352 e. The zero-order valence-corrected chi connectivity index (χ0v) is 20.1. The third kappa shape index (κ3) is 7.01. The Morgan fingerprint density at radius 3 is 2.29 bits per heavy atom. The van der Waals surface area contributed by atoms with Crippen molar-refractivity contribution in [2.45, 2.75) is 58.7 Å². The van der Waals surface area contributed by atoms with Gasteiger partial charge in [0, 0.05) is 24.6 Å². The molecule has 0 heterocycles. The van der Waals surface area contributed by atoms with Gasteiger partial charge in [-0.1, -0.05) is 85.3 Å². The molecule has 5 heteroatoms. The third-order valence-corrected chi connectivity index (χ3v) is 6.01. The summed E-state index contributed by atoms with van der Waals surface area (Å²) in [5, 5.41) is 3.03. The zero-order chi connectivity index (χ0) is 24.5.